The van der Waals surface area contributed by atoms with Crippen LogP contribution in [0.5, 0.6) is 5.75 Å². The minimum Gasteiger partial charge on any atom is -0.504 e. The van der Waals surface area contributed by atoms with Gasteiger partial charge < -0.3 is 14.8 Å². The van der Waals surface area contributed by atoms with Gasteiger partial charge >= 0.3 is 0 Å². The number of carbonyl (C=O) groups is 1. The van der Waals surface area contributed by atoms with Crippen LogP contribution in [0.2, 0.25) is 0 Å². The summed E-state index contributed by atoms with van der Waals surface area (Å²) in [5, 5.41) is 14.7. The van der Waals surface area contributed by atoms with Gasteiger partial charge in [-0.3, -0.25) is 4.79 Å². The van der Waals surface area contributed by atoms with Gasteiger partial charge in [-0.2, -0.15) is 0 Å². The average Bonchev–Trinajstić information content (AvgIpc) is 3.19. The highest BCUT2D eigenvalue weighted by Gasteiger charge is 2.16. The van der Waals surface area contributed by atoms with Crippen LogP contribution in [0.3, 0.4) is 0 Å². The summed E-state index contributed by atoms with van der Waals surface area (Å²) in [4.78, 5) is 21.6. The van der Waals surface area contributed by atoms with E-state index >= 15 is 0 Å². The Labute approximate surface area is 166 Å². The number of nitrogens with zero attached hydrogens (tertiary/aromatic N) is 3. The zero-order chi connectivity index (χ0) is 19.8. The molecule has 6 heteroatoms. The predicted molar refractivity (Wildman–Crippen MR) is 112 cm³/mol. The molecular formula is C23H16N4O2. The predicted octanol–water partition coefficient (Wildman–Crippen LogP) is 4.51. The third-order valence-corrected chi connectivity index (χ3v) is 4.81. The molecule has 5 rings (SSSR count). The van der Waals surface area contributed by atoms with Crippen molar-refractivity contribution in [1.82, 2.24) is 14.4 Å². The fourth-order valence-corrected chi connectivity index (χ4v) is 3.44. The van der Waals surface area contributed by atoms with Crippen molar-refractivity contribution in [3.05, 3.63) is 90.9 Å². The number of hydrogen-bond donors (Lipinski definition) is 2. The van der Waals surface area contributed by atoms with E-state index in [4.69, 9.17) is 4.98 Å². The van der Waals surface area contributed by atoms with E-state index in [1.165, 1.54) is 12.3 Å². The first-order valence-corrected chi connectivity index (χ1v) is 9.12. The van der Waals surface area contributed by atoms with E-state index in [1.807, 2.05) is 41.1 Å². The Morgan fingerprint density at radius 2 is 1.83 bits per heavy atom. The van der Waals surface area contributed by atoms with Crippen molar-refractivity contribution >= 4 is 28.1 Å². The molecule has 0 aliphatic carbocycles. The quantitative estimate of drug-likeness (QED) is 0.483. The molecule has 0 aliphatic heterocycles. The standard InChI is InChI=1S/C23H16N4O2/c28-20-11-4-12-24-21(20)26-23(29)18-10-5-13-27-14-19(25-22(18)27)17-9-3-7-15-6-1-2-8-16(15)17/h1-14,28H,(H,24,26,29). The van der Waals surface area contributed by atoms with Crippen LogP contribution in [-0.2, 0) is 0 Å². The smallest absolute Gasteiger partial charge is 0.260 e. The zero-order valence-electron chi connectivity index (χ0n) is 15.3. The minimum absolute atomic E-state index is 0.0902. The Hall–Kier alpha value is -4.19. The number of fused-ring (bicyclic) bond motifs is 2. The largest absolute Gasteiger partial charge is 0.504 e. The summed E-state index contributed by atoms with van der Waals surface area (Å²) < 4.78 is 1.82. The van der Waals surface area contributed by atoms with Crippen LogP contribution in [0.4, 0.5) is 5.82 Å². The van der Waals surface area contributed by atoms with Crippen molar-refractivity contribution in [2.75, 3.05) is 5.32 Å². The van der Waals surface area contributed by atoms with Crippen LogP contribution in [0.1, 0.15) is 10.4 Å². The Morgan fingerprint density at radius 3 is 2.72 bits per heavy atom. The molecule has 0 saturated heterocycles. The van der Waals surface area contributed by atoms with Gasteiger partial charge in [0.05, 0.1) is 11.3 Å². The fourth-order valence-electron chi connectivity index (χ4n) is 3.44. The summed E-state index contributed by atoms with van der Waals surface area (Å²) in [6, 6.07) is 20.8. The van der Waals surface area contributed by atoms with Crippen LogP contribution in [0.15, 0.2) is 85.3 Å². The molecule has 0 spiro atoms. The molecule has 29 heavy (non-hydrogen) atoms. The lowest BCUT2D eigenvalue weighted by atomic mass is 10.0. The van der Waals surface area contributed by atoms with E-state index in [2.05, 4.69) is 28.5 Å². The maximum absolute atomic E-state index is 12.8. The van der Waals surface area contributed by atoms with E-state index in [-0.39, 0.29) is 17.5 Å². The molecule has 0 bridgehead atoms. The van der Waals surface area contributed by atoms with Crippen molar-refractivity contribution in [3.63, 3.8) is 0 Å². The highest BCUT2D eigenvalue weighted by molar-refractivity contribution is 6.08. The fraction of sp³-hybridized carbons (Fsp3) is 0. The van der Waals surface area contributed by atoms with Crippen LogP contribution in [-0.4, -0.2) is 25.4 Å². The average molecular weight is 380 g/mol. The molecule has 6 nitrogen and oxygen atoms in total. The number of benzene rings is 2. The normalized spacial score (nSPS) is 11.0. The topological polar surface area (TPSA) is 79.5 Å². The number of aromatic nitrogens is 3. The molecule has 3 heterocycles. The molecule has 140 valence electrons. The second kappa shape index (κ2) is 6.76. The SMILES string of the molecule is O=C(Nc1ncccc1O)c1cccn2cc(-c3cccc4ccccc34)nc12. The van der Waals surface area contributed by atoms with Crippen LogP contribution < -0.4 is 5.32 Å². The Bertz CT molecular complexity index is 1370. The van der Waals surface area contributed by atoms with Gasteiger partial charge in [-0.25, -0.2) is 9.97 Å². The van der Waals surface area contributed by atoms with Crippen molar-refractivity contribution in [2.24, 2.45) is 0 Å². The van der Waals surface area contributed by atoms with Crippen LogP contribution >= 0.6 is 0 Å². The first-order valence-electron chi connectivity index (χ1n) is 9.12. The Kier molecular flexibility index (Phi) is 3.95. The molecule has 0 saturated carbocycles. The molecule has 2 aromatic carbocycles. The lowest BCUT2D eigenvalue weighted by molar-refractivity contribution is 0.102. The van der Waals surface area contributed by atoms with E-state index in [9.17, 15) is 9.90 Å². The first kappa shape index (κ1) is 16.9. The van der Waals surface area contributed by atoms with Crippen molar-refractivity contribution in [2.45, 2.75) is 0 Å². The molecule has 5 aromatic rings. The third-order valence-electron chi connectivity index (χ3n) is 4.81. The zero-order valence-corrected chi connectivity index (χ0v) is 15.3. The maximum Gasteiger partial charge on any atom is 0.260 e. The minimum atomic E-state index is -0.389. The number of pyridine rings is 2. The van der Waals surface area contributed by atoms with Gasteiger partial charge in [0.15, 0.2) is 11.6 Å². The molecule has 0 aliphatic rings. The highest BCUT2D eigenvalue weighted by atomic mass is 16.3. The Balaban J connectivity index is 1.60. The molecule has 1 amide bonds. The van der Waals surface area contributed by atoms with E-state index < -0.39 is 0 Å². The van der Waals surface area contributed by atoms with Gasteiger partial charge in [-0.15, -0.1) is 0 Å². The molecule has 2 N–H and O–H groups in total. The summed E-state index contributed by atoms with van der Waals surface area (Å²) >= 11 is 0. The number of hydrogen-bond acceptors (Lipinski definition) is 4. The van der Waals surface area contributed by atoms with Crippen LogP contribution in [0.25, 0.3) is 27.7 Å². The maximum atomic E-state index is 12.8. The molecule has 0 unspecified atom stereocenters. The van der Waals surface area contributed by atoms with Crippen molar-refractivity contribution in [1.29, 1.82) is 0 Å². The molecule has 0 atom stereocenters. The van der Waals surface area contributed by atoms with E-state index in [1.54, 1.807) is 18.2 Å². The van der Waals surface area contributed by atoms with Gasteiger partial charge in [0.1, 0.15) is 5.65 Å². The monoisotopic (exact) mass is 380 g/mol. The lowest BCUT2D eigenvalue weighted by Crippen LogP contribution is -2.14. The van der Waals surface area contributed by atoms with Crippen molar-refractivity contribution < 1.29 is 9.90 Å². The van der Waals surface area contributed by atoms with Gasteiger partial charge in [0, 0.05) is 24.2 Å². The first-order chi connectivity index (χ1) is 14.2. The summed E-state index contributed by atoms with van der Waals surface area (Å²) in [6.07, 6.45) is 5.27. The lowest BCUT2D eigenvalue weighted by Gasteiger charge is -2.06. The van der Waals surface area contributed by atoms with Crippen LogP contribution in [0, 0.1) is 0 Å². The number of carbonyl (C=O) groups excluding carboxylic acids is 1. The number of imidazole rings is 1. The van der Waals surface area contributed by atoms with E-state index in [0.29, 0.717) is 11.2 Å². The number of rotatable bonds is 3. The molecule has 0 radical (unpaired) electrons. The number of anilines is 1. The highest BCUT2D eigenvalue weighted by Crippen LogP contribution is 2.29. The summed E-state index contributed by atoms with van der Waals surface area (Å²) in [6.45, 7) is 0. The van der Waals surface area contributed by atoms with Gasteiger partial charge in [0.2, 0.25) is 0 Å². The molecular weight excluding hydrogens is 364 g/mol. The summed E-state index contributed by atoms with van der Waals surface area (Å²) in [5.41, 5.74) is 2.70. The number of aromatic hydroxyl groups is 1. The van der Waals surface area contributed by atoms with Gasteiger partial charge in [-0.05, 0) is 35.0 Å². The Morgan fingerprint density at radius 1 is 0.966 bits per heavy atom. The van der Waals surface area contributed by atoms with E-state index in [0.717, 1.165) is 22.0 Å². The third kappa shape index (κ3) is 2.96. The second-order valence-electron chi connectivity index (χ2n) is 6.63. The second-order valence-corrected chi connectivity index (χ2v) is 6.63. The van der Waals surface area contributed by atoms with Gasteiger partial charge in [-0.1, -0.05) is 42.5 Å². The number of amides is 1. The molecule has 3 aromatic heterocycles. The summed E-state index contributed by atoms with van der Waals surface area (Å²) in [5.74, 6) is -0.368. The summed E-state index contributed by atoms with van der Waals surface area (Å²) in [7, 11) is 0. The molecule has 0 fully saturated rings. The van der Waals surface area contributed by atoms with Crippen molar-refractivity contribution in [3.8, 4) is 17.0 Å². The van der Waals surface area contributed by atoms with Gasteiger partial charge in [0.25, 0.3) is 5.91 Å². The number of nitrogens with one attached hydrogen (secondary N) is 1.